The van der Waals surface area contributed by atoms with Crippen LogP contribution in [0.3, 0.4) is 0 Å². The van der Waals surface area contributed by atoms with E-state index in [9.17, 15) is 22.8 Å². The molecule has 1 N–H and O–H groups in total. The lowest BCUT2D eigenvalue weighted by Gasteiger charge is -2.21. The third kappa shape index (κ3) is 7.17. The van der Waals surface area contributed by atoms with Gasteiger partial charge >= 0.3 is 12.4 Å². The SMILES string of the molecule is CC(=CNC(=O)/N=C1\SCC(=O)N1c1ccccc1C(C)C)c1ccc(-c2ncn(-c3ccc(OC(F)(F)F)cc3)n2)cc1. The lowest BCUT2D eigenvalue weighted by molar-refractivity contribution is -0.274. The summed E-state index contributed by atoms with van der Waals surface area (Å²) in [5, 5.41) is 7.42. The van der Waals surface area contributed by atoms with Crippen molar-refractivity contribution in [2.75, 3.05) is 10.7 Å². The molecule has 0 spiro atoms. The van der Waals surface area contributed by atoms with Crippen molar-refractivity contribution < 1.29 is 27.5 Å². The normalized spacial score (nSPS) is 14.9. The zero-order chi connectivity index (χ0) is 31.4. The number of aromatic nitrogens is 3. The maximum atomic E-state index is 12.7. The Morgan fingerprint density at radius 2 is 1.77 bits per heavy atom. The summed E-state index contributed by atoms with van der Waals surface area (Å²) >= 11 is 1.22. The van der Waals surface area contributed by atoms with Crippen molar-refractivity contribution in [1.82, 2.24) is 20.1 Å². The number of carbonyl (C=O) groups is 2. The minimum atomic E-state index is -4.76. The van der Waals surface area contributed by atoms with Gasteiger partial charge in [-0.25, -0.2) is 14.5 Å². The van der Waals surface area contributed by atoms with E-state index in [0.29, 0.717) is 16.7 Å². The molecule has 0 atom stereocenters. The molecule has 0 aliphatic carbocycles. The van der Waals surface area contributed by atoms with Crippen molar-refractivity contribution >= 4 is 40.1 Å². The summed E-state index contributed by atoms with van der Waals surface area (Å²) in [6.45, 7) is 5.92. The first-order chi connectivity index (χ1) is 21.0. The van der Waals surface area contributed by atoms with E-state index in [1.807, 2.05) is 69.3 Å². The highest BCUT2D eigenvalue weighted by Crippen LogP contribution is 2.33. The molecule has 1 saturated heterocycles. The van der Waals surface area contributed by atoms with Gasteiger partial charge in [0.2, 0.25) is 5.91 Å². The van der Waals surface area contributed by atoms with Crippen LogP contribution >= 0.6 is 11.8 Å². The molecule has 1 aliphatic heterocycles. The van der Waals surface area contributed by atoms with E-state index in [1.54, 1.807) is 6.20 Å². The molecule has 3 aromatic carbocycles. The van der Waals surface area contributed by atoms with Crippen molar-refractivity contribution in [2.45, 2.75) is 33.1 Å². The number of nitrogens with one attached hydrogen (secondary N) is 1. The number of ether oxygens (including phenoxy) is 1. The number of para-hydroxylation sites is 1. The topological polar surface area (TPSA) is 102 Å². The molecule has 1 fully saturated rings. The summed E-state index contributed by atoms with van der Waals surface area (Å²) in [6, 6.07) is 19.6. The van der Waals surface area contributed by atoms with E-state index >= 15 is 0 Å². The molecular formula is C31H27F3N6O3S. The lowest BCUT2D eigenvalue weighted by Crippen LogP contribution is -2.31. The molecule has 13 heteroatoms. The second-order valence-corrected chi connectivity index (χ2v) is 11.0. The van der Waals surface area contributed by atoms with Crippen LogP contribution in [-0.4, -0.2) is 44.0 Å². The van der Waals surface area contributed by atoms with Gasteiger partial charge in [-0.3, -0.25) is 9.69 Å². The quantitative estimate of drug-likeness (QED) is 0.235. The third-order valence-corrected chi connectivity index (χ3v) is 7.52. The molecule has 0 radical (unpaired) electrons. The Kier molecular flexibility index (Phi) is 8.86. The summed E-state index contributed by atoms with van der Waals surface area (Å²) in [5.74, 6) is 0.354. The minimum absolute atomic E-state index is 0.130. The van der Waals surface area contributed by atoms with Crippen molar-refractivity contribution in [3.63, 3.8) is 0 Å². The van der Waals surface area contributed by atoms with E-state index < -0.39 is 12.4 Å². The summed E-state index contributed by atoms with van der Waals surface area (Å²) in [7, 11) is 0. The van der Waals surface area contributed by atoms with E-state index in [4.69, 9.17) is 0 Å². The summed E-state index contributed by atoms with van der Waals surface area (Å²) in [6.07, 6.45) is -1.75. The average molecular weight is 621 g/mol. The van der Waals surface area contributed by atoms with Crippen molar-refractivity contribution in [3.8, 4) is 22.8 Å². The number of amides is 3. The van der Waals surface area contributed by atoms with E-state index in [0.717, 1.165) is 28.0 Å². The molecule has 0 unspecified atom stereocenters. The molecule has 5 rings (SSSR count). The number of hydrogen-bond acceptors (Lipinski definition) is 6. The number of nitrogens with zero attached hydrogens (tertiary/aromatic N) is 5. The summed E-state index contributed by atoms with van der Waals surface area (Å²) < 4.78 is 42.6. The number of alkyl halides is 3. The first-order valence-electron chi connectivity index (χ1n) is 13.5. The second-order valence-electron chi connectivity index (χ2n) is 10.0. The molecule has 1 aliphatic rings. The van der Waals surface area contributed by atoms with Gasteiger partial charge < -0.3 is 10.1 Å². The van der Waals surface area contributed by atoms with Crippen LogP contribution in [0.4, 0.5) is 23.7 Å². The van der Waals surface area contributed by atoms with Crippen LogP contribution in [0.2, 0.25) is 0 Å². The van der Waals surface area contributed by atoms with Crippen LogP contribution in [0.1, 0.15) is 37.8 Å². The minimum Gasteiger partial charge on any atom is -0.406 e. The number of halogens is 3. The highest BCUT2D eigenvalue weighted by molar-refractivity contribution is 8.15. The van der Waals surface area contributed by atoms with Crippen LogP contribution in [0.25, 0.3) is 22.6 Å². The molecule has 3 amide bonds. The molecule has 2 heterocycles. The van der Waals surface area contributed by atoms with Gasteiger partial charge in [0.05, 0.1) is 17.1 Å². The molecule has 44 heavy (non-hydrogen) atoms. The maximum absolute atomic E-state index is 12.7. The van der Waals surface area contributed by atoms with E-state index in [-0.39, 0.29) is 23.3 Å². The number of urea groups is 1. The second kappa shape index (κ2) is 12.8. The Bertz CT molecular complexity index is 1730. The van der Waals surface area contributed by atoms with E-state index in [1.165, 1.54) is 51.9 Å². The fraction of sp³-hybridized carbons (Fsp3) is 0.194. The predicted octanol–water partition coefficient (Wildman–Crippen LogP) is 7.16. The van der Waals surface area contributed by atoms with Crippen molar-refractivity contribution in [2.24, 2.45) is 4.99 Å². The van der Waals surface area contributed by atoms with Gasteiger partial charge in [-0.2, -0.15) is 4.99 Å². The van der Waals surface area contributed by atoms with Gasteiger partial charge in [0.1, 0.15) is 12.1 Å². The van der Waals surface area contributed by atoms with Crippen molar-refractivity contribution in [1.29, 1.82) is 0 Å². The highest BCUT2D eigenvalue weighted by atomic mass is 32.2. The molecular weight excluding hydrogens is 593 g/mol. The van der Waals surface area contributed by atoms with Crippen molar-refractivity contribution in [3.05, 3.63) is 96.5 Å². The number of anilines is 1. The van der Waals surface area contributed by atoms with Crippen LogP contribution in [-0.2, 0) is 4.79 Å². The van der Waals surface area contributed by atoms with Crippen LogP contribution in [0.15, 0.2) is 90.3 Å². The number of benzene rings is 3. The van der Waals surface area contributed by atoms with Gasteiger partial charge in [-0.1, -0.05) is 68.1 Å². The number of allylic oxidation sites excluding steroid dienone is 1. The fourth-order valence-corrected chi connectivity index (χ4v) is 5.29. The average Bonchev–Trinajstić information content (AvgIpc) is 3.62. The van der Waals surface area contributed by atoms with E-state index in [2.05, 4.69) is 25.1 Å². The zero-order valence-electron chi connectivity index (χ0n) is 23.9. The Labute approximate surface area is 255 Å². The molecule has 0 bridgehead atoms. The number of carbonyl (C=O) groups excluding carboxylic acids is 2. The van der Waals surface area contributed by atoms with Gasteiger partial charge in [0.15, 0.2) is 11.0 Å². The molecule has 226 valence electrons. The Balaban J connectivity index is 1.24. The summed E-state index contributed by atoms with van der Waals surface area (Å²) in [5.41, 5.74) is 4.55. The lowest BCUT2D eigenvalue weighted by atomic mass is 10.0. The van der Waals surface area contributed by atoms with Gasteiger partial charge in [-0.05, 0) is 59.9 Å². The monoisotopic (exact) mass is 620 g/mol. The molecule has 0 saturated carbocycles. The number of thioether (sulfide) groups is 1. The number of hydrogen-bond donors (Lipinski definition) is 1. The van der Waals surface area contributed by atoms with Gasteiger partial charge in [-0.15, -0.1) is 18.3 Å². The zero-order valence-corrected chi connectivity index (χ0v) is 24.7. The standard InChI is InChI=1S/C31H27F3N6O3S/c1-19(2)25-6-4-5-7-26(25)40-27(41)17-44-30(40)37-29(42)35-16-20(3)21-8-10-22(11-9-21)28-36-18-39(38-28)23-12-14-24(15-13-23)43-31(32,33)34/h4-16,18-19H,17H2,1-3H3,(H,35,42)/b20-16?,37-30-. The Morgan fingerprint density at radius 3 is 2.45 bits per heavy atom. The Morgan fingerprint density at radius 1 is 1.07 bits per heavy atom. The fourth-order valence-electron chi connectivity index (χ4n) is 4.44. The number of rotatable bonds is 7. The Hall–Kier alpha value is -4.91. The summed E-state index contributed by atoms with van der Waals surface area (Å²) in [4.78, 5) is 35.4. The van der Waals surface area contributed by atoms with Crippen LogP contribution < -0.4 is 15.0 Å². The van der Waals surface area contributed by atoms with Gasteiger partial charge in [0.25, 0.3) is 0 Å². The van der Waals surface area contributed by atoms with Crippen LogP contribution in [0, 0.1) is 0 Å². The predicted molar refractivity (Wildman–Crippen MR) is 164 cm³/mol. The first-order valence-corrected chi connectivity index (χ1v) is 14.5. The smallest absolute Gasteiger partial charge is 0.406 e. The number of aliphatic imine (C=N–C) groups is 1. The molecule has 9 nitrogen and oxygen atoms in total. The molecule has 4 aromatic rings. The van der Waals surface area contributed by atoms with Gasteiger partial charge in [0, 0.05) is 11.8 Å². The van der Waals surface area contributed by atoms with Crippen LogP contribution in [0.5, 0.6) is 5.75 Å². The first kappa shape index (κ1) is 30.5. The maximum Gasteiger partial charge on any atom is 0.573 e. The number of amidine groups is 1. The third-order valence-electron chi connectivity index (χ3n) is 6.60. The highest BCUT2D eigenvalue weighted by Gasteiger charge is 2.32. The largest absolute Gasteiger partial charge is 0.573 e. The molecule has 1 aromatic heterocycles.